The van der Waals surface area contributed by atoms with Crippen LogP contribution in [0.5, 0.6) is 23.0 Å². The number of carbonyl (C=O) groups excluding carboxylic acids is 2. The number of nitrogens with zero attached hydrogens (tertiary/aromatic N) is 2. The number of unbranched alkanes of at least 4 members (excludes halogenated alkanes) is 2. The molecule has 322 valence electrons. The Kier molecular flexibility index (Phi) is 15.8. The lowest BCUT2D eigenvalue weighted by atomic mass is 9.55. The Morgan fingerprint density at radius 3 is 2.45 bits per heavy atom. The van der Waals surface area contributed by atoms with Crippen LogP contribution in [0.25, 0.3) is 0 Å². The largest absolute Gasteiger partial charge is 0.496 e. The van der Waals surface area contributed by atoms with Crippen molar-refractivity contribution in [2.75, 3.05) is 40.1 Å². The third-order valence-electron chi connectivity index (χ3n) is 11.8. The van der Waals surface area contributed by atoms with Crippen LogP contribution in [-0.4, -0.2) is 85.1 Å². The molecule has 1 fully saturated rings. The normalized spacial score (nSPS) is 23.3. The summed E-state index contributed by atoms with van der Waals surface area (Å²) in [5.74, 6) is 0.0500. The molecule has 6 atom stereocenters. The minimum Gasteiger partial charge on any atom is -0.496 e. The number of ether oxygens (including phenoxy) is 5. The Labute approximate surface area is 353 Å². The molecule has 60 heavy (non-hydrogen) atoms. The van der Waals surface area contributed by atoms with Crippen molar-refractivity contribution >= 4 is 18.1 Å². The Balaban J connectivity index is 1.55. The van der Waals surface area contributed by atoms with E-state index in [9.17, 15) is 19.8 Å². The lowest BCUT2D eigenvalue weighted by Crippen LogP contribution is -2.70. The van der Waals surface area contributed by atoms with Crippen LogP contribution in [-0.2, 0) is 20.9 Å². The summed E-state index contributed by atoms with van der Waals surface area (Å²) in [5.41, 5.74) is 3.81. The topological polar surface area (TPSA) is 146 Å². The molecular weight excluding hydrogens is 765 g/mol. The summed E-state index contributed by atoms with van der Waals surface area (Å²) in [6.45, 7) is 9.07. The first kappa shape index (κ1) is 44.4. The molecular formula is C48H60N2O10. The van der Waals surface area contributed by atoms with E-state index in [4.69, 9.17) is 33.7 Å². The zero-order valence-corrected chi connectivity index (χ0v) is 35.1. The van der Waals surface area contributed by atoms with Gasteiger partial charge in [-0.1, -0.05) is 67.4 Å². The van der Waals surface area contributed by atoms with Crippen LogP contribution < -0.4 is 14.2 Å². The fraction of sp³-hybridized carbons (Fsp3) is 0.479. The molecule has 0 bridgehead atoms. The van der Waals surface area contributed by atoms with E-state index in [1.807, 2.05) is 62.4 Å². The average molecular weight is 825 g/mol. The number of hydrogen-bond donors (Lipinski definition) is 2. The Morgan fingerprint density at radius 2 is 1.75 bits per heavy atom. The Bertz CT molecular complexity index is 1970. The molecule has 12 nitrogen and oxygen atoms in total. The summed E-state index contributed by atoms with van der Waals surface area (Å²) in [5, 5.41) is 24.6. The number of carbonyl (C=O) groups is 2. The lowest BCUT2D eigenvalue weighted by Gasteiger charge is -2.59. The van der Waals surface area contributed by atoms with Crippen molar-refractivity contribution in [1.29, 1.82) is 0 Å². The SMILES string of the molecule is C=CCO[C@@]12Oc3ccc(Oc4ccc(OC)c(C=O)c4)cc3[C@H]3[C@H](CCCCO)[C@@H](CCCCO)C=C(C(=NOCC)C[C@@H]1N(CCC)C(=O)OCc1ccccc1)[C@H]32. The maximum absolute atomic E-state index is 14.4. The summed E-state index contributed by atoms with van der Waals surface area (Å²) in [6.07, 6.45) is 9.71. The molecule has 0 aromatic heterocycles. The molecule has 3 aliphatic rings. The van der Waals surface area contributed by atoms with Crippen LogP contribution in [0.15, 0.2) is 96.2 Å². The number of rotatable bonds is 22. The summed E-state index contributed by atoms with van der Waals surface area (Å²) in [4.78, 5) is 33.9. The van der Waals surface area contributed by atoms with Gasteiger partial charge in [-0.2, -0.15) is 0 Å². The fourth-order valence-corrected chi connectivity index (χ4v) is 9.28. The van der Waals surface area contributed by atoms with Crippen LogP contribution in [0.2, 0.25) is 0 Å². The molecule has 2 aliphatic carbocycles. The number of aliphatic hydroxyl groups is 2. The van der Waals surface area contributed by atoms with Gasteiger partial charge in [-0.05, 0) is 98.4 Å². The number of amides is 1. The highest BCUT2D eigenvalue weighted by atomic mass is 16.7. The number of hydrogen-bond acceptors (Lipinski definition) is 11. The first-order chi connectivity index (χ1) is 29.4. The number of benzene rings is 3. The molecule has 3 aromatic rings. The number of methoxy groups -OCH3 is 1. The van der Waals surface area contributed by atoms with E-state index >= 15 is 0 Å². The van der Waals surface area contributed by atoms with Gasteiger partial charge in [-0.25, -0.2) is 4.79 Å². The zero-order valence-electron chi connectivity index (χ0n) is 35.1. The first-order valence-corrected chi connectivity index (χ1v) is 21.3. The standard InChI is InChI=1S/C48H60N2O10/c1-5-23-50(47(54)56-32-33-15-9-8-10-16-33)44-30-41(49-58-7-3)39-28-34(17-11-13-24-51)38(18-12-14-25-52)45-40-29-37(59-36-19-21-42(55-4)35(27-36)31-53)20-22-43(40)60-48(44,46(39)45)57-26-6-2/h6,8-10,15-16,19-22,27-29,31,34,38,44-46,51-52H,2,5,7,11-14,17-18,23-26,30,32H2,1,3-4H3/t34-,38+,44-,45+,46+,48+/m0/s1. The van der Waals surface area contributed by atoms with E-state index in [1.165, 1.54) is 7.11 Å². The number of aldehydes is 1. The average Bonchev–Trinajstić information content (AvgIpc) is 3.27. The molecule has 12 heteroatoms. The second-order valence-corrected chi connectivity index (χ2v) is 15.5. The van der Waals surface area contributed by atoms with E-state index in [0.29, 0.717) is 66.7 Å². The van der Waals surface area contributed by atoms with Crippen LogP contribution in [0.1, 0.15) is 92.6 Å². The maximum Gasteiger partial charge on any atom is 0.410 e. The van der Waals surface area contributed by atoms with Crippen molar-refractivity contribution in [2.45, 2.75) is 89.6 Å². The number of aliphatic hydroxyl groups excluding tert-OH is 2. The van der Waals surface area contributed by atoms with Crippen LogP contribution in [0, 0.1) is 17.8 Å². The van der Waals surface area contributed by atoms with Gasteiger partial charge in [0.05, 0.1) is 30.9 Å². The van der Waals surface area contributed by atoms with E-state index in [2.05, 4.69) is 12.7 Å². The van der Waals surface area contributed by atoms with Crippen molar-refractivity contribution in [3.63, 3.8) is 0 Å². The van der Waals surface area contributed by atoms with Crippen molar-refractivity contribution in [2.24, 2.45) is 22.9 Å². The van der Waals surface area contributed by atoms with Gasteiger partial charge in [0.15, 0.2) is 6.29 Å². The third-order valence-corrected chi connectivity index (χ3v) is 11.8. The van der Waals surface area contributed by atoms with Crippen LogP contribution in [0.3, 0.4) is 0 Å². The molecule has 0 spiro atoms. The predicted octanol–water partition coefficient (Wildman–Crippen LogP) is 9.00. The van der Waals surface area contributed by atoms with Gasteiger partial charge in [-0.15, -0.1) is 6.58 Å². The second-order valence-electron chi connectivity index (χ2n) is 15.5. The first-order valence-electron chi connectivity index (χ1n) is 21.3. The Hall–Kier alpha value is -5.17. The van der Waals surface area contributed by atoms with Gasteiger partial charge >= 0.3 is 6.09 Å². The highest BCUT2D eigenvalue weighted by Crippen LogP contribution is 2.62. The number of fused-ring (bicyclic) bond motifs is 2. The van der Waals surface area contributed by atoms with Crippen molar-refractivity contribution in [1.82, 2.24) is 4.90 Å². The van der Waals surface area contributed by atoms with Crippen molar-refractivity contribution in [3.05, 3.63) is 108 Å². The zero-order chi connectivity index (χ0) is 42.5. The molecule has 6 rings (SSSR count). The van der Waals surface area contributed by atoms with Crippen LogP contribution in [0.4, 0.5) is 4.79 Å². The maximum atomic E-state index is 14.4. The molecule has 1 saturated carbocycles. The minimum atomic E-state index is -1.41. The summed E-state index contributed by atoms with van der Waals surface area (Å²) in [6, 6.07) is 19.7. The summed E-state index contributed by atoms with van der Waals surface area (Å²) in [7, 11) is 1.52. The van der Waals surface area contributed by atoms with E-state index in [-0.39, 0.29) is 50.6 Å². The molecule has 1 aliphatic heterocycles. The molecule has 1 amide bonds. The van der Waals surface area contributed by atoms with Crippen LogP contribution >= 0.6 is 0 Å². The van der Waals surface area contributed by atoms with Gasteiger partial charge in [0, 0.05) is 37.7 Å². The minimum absolute atomic E-state index is 0.0352. The molecule has 3 aromatic carbocycles. The van der Waals surface area contributed by atoms with E-state index in [1.54, 1.807) is 29.2 Å². The second kappa shape index (κ2) is 21.4. The highest BCUT2D eigenvalue weighted by molar-refractivity contribution is 6.03. The predicted molar refractivity (Wildman–Crippen MR) is 229 cm³/mol. The molecule has 0 radical (unpaired) electrons. The molecule has 1 heterocycles. The summed E-state index contributed by atoms with van der Waals surface area (Å²) < 4.78 is 32.2. The highest BCUT2D eigenvalue weighted by Gasteiger charge is 2.65. The van der Waals surface area contributed by atoms with E-state index < -0.39 is 23.8 Å². The molecule has 0 unspecified atom stereocenters. The third kappa shape index (κ3) is 9.72. The van der Waals surface area contributed by atoms with Crippen molar-refractivity contribution in [3.8, 4) is 23.0 Å². The quantitative estimate of drug-likeness (QED) is 0.0436. The smallest absolute Gasteiger partial charge is 0.410 e. The van der Waals surface area contributed by atoms with Crippen molar-refractivity contribution < 1.29 is 48.3 Å². The molecule has 0 saturated heterocycles. The lowest BCUT2D eigenvalue weighted by molar-refractivity contribution is -0.255. The fourth-order valence-electron chi connectivity index (χ4n) is 9.28. The Morgan fingerprint density at radius 1 is 1.00 bits per heavy atom. The van der Waals surface area contributed by atoms with E-state index in [0.717, 1.165) is 48.7 Å². The summed E-state index contributed by atoms with van der Waals surface area (Å²) >= 11 is 0. The van der Waals surface area contributed by atoms with Gasteiger partial charge < -0.3 is 38.7 Å². The number of allylic oxidation sites excluding steroid dienone is 1. The van der Waals surface area contributed by atoms with Gasteiger partial charge in [0.25, 0.3) is 0 Å². The molecule has 2 N–H and O–H groups in total. The van der Waals surface area contributed by atoms with Gasteiger partial charge in [-0.3, -0.25) is 9.69 Å². The van der Waals surface area contributed by atoms with Gasteiger partial charge in [0.1, 0.15) is 42.3 Å². The number of oxime groups is 1. The van der Waals surface area contributed by atoms with Gasteiger partial charge in [0.2, 0.25) is 5.79 Å². The monoisotopic (exact) mass is 824 g/mol.